The molecule has 0 bridgehead atoms. The third-order valence-electron chi connectivity index (χ3n) is 4.45. The van der Waals surface area contributed by atoms with E-state index in [2.05, 4.69) is 31.2 Å². The number of likely N-dealkylation sites (tertiary alicyclic amines) is 1. The summed E-state index contributed by atoms with van der Waals surface area (Å²) in [6, 6.07) is 8.45. The number of amides is 1. The molecule has 4 heteroatoms. The zero-order valence-electron chi connectivity index (χ0n) is 14.2. The highest BCUT2D eigenvalue weighted by Crippen LogP contribution is 2.19. The Hall–Kier alpha value is -1.84. The highest BCUT2D eigenvalue weighted by molar-refractivity contribution is 5.78. The fraction of sp³-hybridized carbons (Fsp3) is 0.579. The van der Waals surface area contributed by atoms with Crippen molar-refractivity contribution < 1.29 is 14.3 Å². The molecule has 1 aromatic rings. The highest BCUT2D eigenvalue weighted by atomic mass is 16.5. The summed E-state index contributed by atoms with van der Waals surface area (Å²) in [6.45, 7) is 5.61. The smallest absolute Gasteiger partial charge is 0.310 e. The summed E-state index contributed by atoms with van der Waals surface area (Å²) in [6.07, 6.45) is 3.98. The topological polar surface area (TPSA) is 46.6 Å². The first-order chi connectivity index (χ1) is 11.1. The Morgan fingerprint density at radius 3 is 2.52 bits per heavy atom. The molecule has 1 unspecified atom stereocenters. The van der Waals surface area contributed by atoms with Gasteiger partial charge >= 0.3 is 5.97 Å². The lowest BCUT2D eigenvalue weighted by Crippen LogP contribution is -2.42. The summed E-state index contributed by atoms with van der Waals surface area (Å²) in [7, 11) is 0. The van der Waals surface area contributed by atoms with Crippen molar-refractivity contribution in [1.29, 1.82) is 0 Å². The molecule has 126 valence electrons. The number of ether oxygens (including phenoxy) is 1. The Balaban J connectivity index is 1.83. The van der Waals surface area contributed by atoms with Crippen LogP contribution in [0.3, 0.4) is 0 Å². The van der Waals surface area contributed by atoms with Crippen molar-refractivity contribution in [2.24, 2.45) is 5.92 Å². The summed E-state index contributed by atoms with van der Waals surface area (Å²) in [5.41, 5.74) is 2.50. The van der Waals surface area contributed by atoms with Crippen LogP contribution in [-0.2, 0) is 27.2 Å². The predicted octanol–water partition coefficient (Wildman–Crippen LogP) is 2.98. The van der Waals surface area contributed by atoms with Crippen molar-refractivity contribution in [2.45, 2.75) is 46.0 Å². The normalized spacial score (nSPS) is 17.8. The molecule has 1 aliphatic rings. The Morgan fingerprint density at radius 1 is 1.17 bits per heavy atom. The molecule has 1 amide bonds. The largest absolute Gasteiger partial charge is 0.466 e. The molecular formula is C19H27NO3. The van der Waals surface area contributed by atoms with E-state index in [1.807, 2.05) is 11.8 Å². The molecule has 0 saturated carbocycles. The number of benzene rings is 1. The molecule has 1 fully saturated rings. The molecule has 1 saturated heterocycles. The maximum Gasteiger partial charge on any atom is 0.310 e. The lowest BCUT2D eigenvalue weighted by molar-refractivity contribution is -0.151. The van der Waals surface area contributed by atoms with Crippen LogP contribution in [0.15, 0.2) is 24.3 Å². The number of esters is 1. The number of rotatable bonds is 6. The molecule has 1 heterocycles. The lowest BCUT2D eigenvalue weighted by Gasteiger charge is -2.31. The van der Waals surface area contributed by atoms with E-state index in [9.17, 15) is 9.59 Å². The molecule has 2 rings (SSSR count). The van der Waals surface area contributed by atoms with Crippen molar-refractivity contribution in [3.05, 3.63) is 35.4 Å². The lowest BCUT2D eigenvalue weighted by atomic mass is 9.97. The van der Waals surface area contributed by atoms with E-state index in [0.717, 1.165) is 32.2 Å². The second kappa shape index (κ2) is 8.70. The summed E-state index contributed by atoms with van der Waals surface area (Å²) >= 11 is 0. The van der Waals surface area contributed by atoms with Crippen molar-refractivity contribution in [1.82, 2.24) is 4.90 Å². The number of carbonyl (C=O) groups excluding carboxylic acids is 2. The molecular weight excluding hydrogens is 290 g/mol. The van der Waals surface area contributed by atoms with Gasteiger partial charge in [-0.2, -0.15) is 0 Å². The van der Waals surface area contributed by atoms with Gasteiger partial charge in [-0.05, 0) is 43.7 Å². The number of piperidine rings is 1. The minimum atomic E-state index is -0.167. The minimum absolute atomic E-state index is 0.138. The van der Waals surface area contributed by atoms with E-state index >= 15 is 0 Å². The fourth-order valence-corrected chi connectivity index (χ4v) is 3.01. The Bertz CT molecular complexity index is 524. The van der Waals surface area contributed by atoms with Crippen LogP contribution in [0.5, 0.6) is 0 Å². The van der Waals surface area contributed by atoms with Crippen LogP contribution >= 0.6 is 0 Å². The van der Waals surface area contributed by atoms with Crippen molar-refractivity contribution in [3.63, 3.8) is 0 Å². The molecule has 4 nitrogen and oxygen atoms in total. The molecule has 0 aromatic heterocycles. The number of carbonyl (C=O) groups is 2. The first kappa shape index (κ1) is 17.5. The monoisotopic (exact) mass is 317 g/mol. The Labute approximate surface area is 138 Å². The molecule has 1 atom stereocenters. The van der Waals surface area contributed by atoms with Gasteiger partial charge in [0, 0.05) is 19.5 Å². The van der Waals surface area contributed by atoms with E-state index in [1.165, 1.54) is 11.1 Å². The van der Waals surface area contributed by atoms with E-state index in [1.54, 1.807) is 0 Å². The van der Waals surface area contributed by atoms with Crippen LogP contribution in [0.2, 0.25) is 0 Å². The summed E-state index contributed by atoms with van der Waals surface area (Å²) < 4.78 is 5.08. The van der Waals surface area contributed by atoms with Gasteiger partial charge in [0.15, 0.2) is 0 Å². The van der Waals surface area contributed by atoms with Gasteiger partial charge in [0.25, 0.3) is 0 Å². The van der Waals surface area contributed by atoms with E-state index in [0.29, 0.717) is 19.6 Å². The zero-order valence-corrected chi connectivity index (χ0v) is 14.2. The fourth-order valence-electron chi connectivity index (χ4n) is 3.01. The summed E-state index contributed by atoms with van der Waals surface area (Å²) in [5.74, 6) is -0.185. The van der Waals surface area contributed by atoms with Crippen LogP contribution in [0, 0.1) is 5.92 Å². The average Bonchev–Trinajstić information content (AvgIpc) is 2.60. The maximum absolute atomic E-state index is 12.4. The predicted molar refractivity (Wildman–Crippen MR) is 90.1 cm³/mol. The van der Waals surface area contributed by atoms with Crippen LogP contribution < -0.4 is 0 Å². The van der Waals surface area contributed by atoms with Crippen LogP contribution in [0.1, 0.15) is 44.2 Å². The van der Waals surface area contributed by atoms with Gasteiger partial charge in [-0.1, -0.05) is 31.2 Å². The van der Waals surface area contributed by atoms with Gasteiger partial charge in [-0.3, -0.25) is 9.59 Å². The quantitative estimate of drug-likeness (QED) is 0.758. The first-order valence-electron chi connectivity index (χ1n) is 8.66. The van der Waals surface area contributed by atoms with Crippen LogP contribution in [0.4, 0.5) is 0 Å². The third-order valence-corrected chi connectivity index (χ3v) is 4.45. The second-order valence-corrected chi connectivity index (χ2v) is 6.10. The Kier molecular flexibility index (Phi) is 6.63. The van der Waals surface area contributed by atoms with Crippen molar-refractivity contribution >= 4 is 11.9 Å². The third kappa shape index (κ3) is 5.08. The zero-order chi connectivity index (χ0) is 16.7. The average molecular weight is 317 g/mol. The molecule has 1 aromatic carbocycles. The number of hydrogen-bond donors (Lipinski definition) is 0. The Morgan fingerprint density at radius 2 is 1.87 bits per heavy atom. The van der Waals surface area contributed by atoms with Crippen LogP contribution in [0.25, 0.3) is 0 Å². The van der Waals surface area contributed by atoms with Crippen molar-refractivity contribution in [3.8, 4) is 0 Å². The molecule has 0 N–H and O–H groups in total. The maximum atomic E-state index is 12.4. The molecule has 0 radical (unpaired) electrons. The standard InChI is InChI=1S/C19H27NO3/c1-3-15-7-9-16(10-8-15)11-12-18(21)20-13-5-6-17(14-20)19(22)23-4-2/h7-10,17H,3-6,11-14H2,1-2H3. The van der Waals surface area contributed by atoms with Crippen LogP contribution in [-0.4, -0.2) is 36.5 Å². The summed E-state index contributed by atoms with van der Waals surface area (Å²) in [4.78, 5) is 26.1. The number of hydrogen-bond acceptors (Lipinski definition) is 3. The number of nitrogens with zero attached hydrogens (tertiary/aromatic N) is 1. The van der Waals surface area contributed by atoms with Crippen molar-refractivity contribution in [2.75, 3.05) is 19.7 Å². The molecule has 0 aliphatic carbocycles. The van der Waals surface area contributed by atoms with Gasteiger partial charge in [0.2, 0.25) is 5.91 Å². The van der Waals surface area contributed by atoms with Gasteiger partial charge in [0.1, 0.15) is 0 Å². The van der Waals surface area contributed by atoms with Gasteiger partial charge in [-0.15, -0.1) is 0 Å². The minimum Gasteiger partial charge on any atom is -0.466 e. The van der Waals surface area contributed by atoms with Gasteiger partial charge in [0.05, 0.1) is 12.5 Å². The second-order valence-electron chi connectivity index (χ2n) is 6.10. The van der Waals surface area contributed by atoms with E-state index in [-0.39, 0.29) is 17.8 Å². The van der Waals surface area contributed by atoms with Gasteiger partial charge < -0.3 is 9.64 Å². The summed E-state index contributed by atoms with van der Waals surface area (Å²) in [5, 5.41) is 0. The molecule has 1 aliphatic heterocycles. The van der Waals surface area contributed by atoms with E-state index in [4.69, 9.17) is 4.74 Å². The molecule has 0 spiro atoms. The van der Waals surface area contributed by atoms with Gasteiger partial charge in [-0.25, -0.2) is 0 Å². The molecule has 23 heavy (non-hydrogen) atoms. The first-order valence-corrected chi connectivity index (χ1v) is 8.66. The van der Waals surface area contributed by atoms with E-state index < -0.39 is 0 Å². The SMILES string of the molecule is CCOC(=O)C1CCCN(C(=O)CCc2ccc(CC)cc2)C1. The highest BCUT2D eigenvalue weighted by Gasteiger charge is 2.28. The number of aryl methyl sites for hydroxylation is 2.